The summed E-state index contributed by atoms with van der Waals surface area (Å²) in [5.41, 5.74) is 8.03. The van der Waals surface area contributed by atoms with Crippen LogP contribution in [-0.4, -0.2) is 50.8 Å². The molecule has 0 bridgehead atoms. The van der Waals surface area contributed by atoms with Crippen LogP contribution in [-0.2, 0) is 16.4 Å². The number of hydrogen-bond donors (Lipinski definition) is 3. The normalized spacial score (nSPS) is 15.1. The Kier molecular flexibility index (Phi) is 7.89. The van der Waals surface area contributed by atoms with Crippen molar-refractivity contribution in [2.45, 2.75) is 49.8 Å². The Balaban J connectivity index is 1.73. The van der Waals surface area contributed by atoms with Crippen LogP contribution in [0.15, 0.2) is 53.4 Å². The summed E-state index contributed by atoms with van der Waals surface area (Å²) < 4.78 is 29.8. The maximum Gasteiger partial charge on any atom is 0.240 e. The maximum atomic E-state index is 13.1. The SMILES string of the molecule is CC(C)C(CC(O)C(N)Cc1ccccc1)NS(=O)(=O)c1ccc2nc(N(C)C)sc2c1. The number of benzene rings is 2. The number of aromatic nitrogens is 1. The van der Waals surface area contributed by atoms with E-state index in [1.165, 1.54) is 11.3 Å². The molecule has 3 atom stereocenters. The first-order valence-electron chi connectivity index (χ1n) is 10.6. The first kappa shape index (κ1) is 24.6. The minimum absolute atomic E-state index is 0.0178. The quantitative estimate of drug-likeness (QED) is 0.415. The van der Waals surface area contributed by atoms with Crippen LogP contribution in [0.1, 0.15) is 25.8 Å². The standard InChI is InChI=1S/C23H32N4O3S2/c1-15(2)20(14-21(28)18(24)12-16-8-6-5-7-9-16)26-32(29,30)17-10-11-19-22(13-17)31-23(25-19)27(3)4/h5-11,13,15,18,20-21,26,28H,12,14,24H2,1-4H3. The van der Waals surface area contributed by atoms with Gasteiger partial charge in [0.1, 0.15) is 0 Å². The van der Waals surface area contributed by atoms with E-state index < -0.39 is 28.2 Å². The first-order chi connectivity index (χ1) is 15.1. The molecule has 0 aliphatic heterocycles. The zero-order valence-corrected chi connectivity index (χ0v) is 20.5. The molecule has 0 radical (unpaired) electrons. The molecule has 9 heteroatoms. The zero-order chi connectivity index (χ0) is 23.5. The van der Waals surface area contributed by atoms with Crippen LogP contribution >= 0.6 is 11.3 Å². The van der Waals surface area contributed by atoms with Crippen LogP contribution in [0.2, 0.25) is 0 Å². The number of aliphatic hydroxyl groups excluding tert-OH is 1. The van der Waals surface area contributed by atoms with E-state index in [0.717, 1.165) is 20.9 Å². The van der Waals surface area contributed by atoms with Gasteiger partial charge in [-0.1, -0.05) is 55.5 Å². The number of rotatable bonds is 10. The third-order valence-electron chi connectivity index (χ3n) is 5.46. The van der Waals surface area contributed by atoms with Gasteiger partial charge in [-0.05, 0) is 42.5 Å². The van der Waals surface area contributed by atoms with Crippen LogP contribution < -0.4 is 15.4 Å². The van der Waals surface area contributed by atoms with E-state index in [1.807, 2.05) is 63.2 Å². The fourth-order valence-electron chi connectivity index (χ4n) is 3.43. The average Bonchev–Trinajstić information content (AvgIpc) is 3.17. The van der Waals surface area contributed by atoms with Gasteiger partial charge in [-0.15, -0.1) is 0 Å². The third kappa shape index (κ3) is 6.05. The summed E-state index contributed by atoms with van der Waals surface area (Å²) in [7, 11) is 0.0277. The van der Waals surface area contributed by atoms with Crippen molar-refractivity contribution in [1.29, 1.82) is 0 Å². The molecule has 4 N–H and O–H groups in total. The van der Waals surface area contributed by atoms with Crippen molar-refractivity contribution in [3.05, 3.63) is 54.1 Å². The summed E-state index contributed by atoms with van der Waals surface area (Å²) in [6.07, 6.45) is -0.0779. The molecule has 32 heavy (non-hydrogen) atoms. The van der Waals surface area contributed by atoms with Gasteiger partial charge in [0.05, 0.1) is 21.2 Å². The van der Waals surface area contributed by atoms with Crippen molar-refractivity contribution in [2.24, 2.45) is 11.7 Å². The number of sulfonamides is 1. The van der Waals surface area contributed by atoms with Crippen LogP contribution in [0.3, 0.4) is 0 Å². The van der Waals surface area contributed by atoms with E-state index in [0.29, 0.717) is 6.42 Å². The van der Waals surface area contributed by atoms with Gasteiger partial charge in [0.25, 0.3) is 0 Å². The number of aliphatic hydroxyl groups is 1. The number of nitrogens with two attached hydrogens (primary N) is 1. The number of fused-ring (bicyclic) bond motifs is 1. The van der Waals surface area contributed by atoms with Crippen molar-refractivity contribution in [3.8, 4) is 0 Å². The Bertz CT molecular complexity index is 1130. The number of hydrogen-bond acceptors (Lipinski definition) is 7. The minimum atomic E-state index is -3.77. The second-order valence-corrected chi connectivity index (χ2v) is 11.4. The Hall–Kier alpha value is -2.04. The van der Waals surface area contributed by atoms with Gasteiger partial charge in [0.15, 0.2) is 5.13 Å². The molecule has 3 rings (SSSR count). The van der Waals surface area contributed by atoms with Gasteiger partial charge in [0.2, 0.25) is 10.0 Å². The molecule has 3 aromatic rings. The monoisotopic (exact) mass is 476 g/mol. The number of nitrogens with one attached hydrogen (secondary N) is 1. The fourth-order valence-corrected chi connectivity index (χ4v) is 5.86. The van der Waals surface area contributed by atoms with E-state index in [1.54, 1.807) is 18.2 Å². The van der Waals surface area contributed by atoms with Crippen molar-refractivity contribution in [3.63, 3.8) is 0 Å². The number of nitrogens with zero attached hydrogens (tertiary/aromatic N) is 2. The smallest absolute Gasteiger partial charge is 0.240 e. The van der Waals surface area contributed by atoms with E-state index >= 15 is 0 Å². The van der Waals surface area contributed by atoms with Crippen LogP contribution in [0, 0.1) is 5.92 Å². The van der Waals surface area contributed by atoms with Crippen LogP contribution in [0.4, 0.5) is 5.13 Å². The predicted molar refractivity (Wildman–Crippen MR) is 132 cm³/mol. The molecule has 3 unspecified atom stereocenters. The lowest BCUT2D eigenvalue weighted by Crippen LogP contribution is -2.45. The molecule has 1 heterocycles. The third-order valence-corrected chi connectivity index (χ3v) is 8.13. The van der Waals surface area contributed by atoms with Crippen LogP contribution in [0.25, 0.3) is 10.2 Å². The van der Waals surface area contributed by atoms with E-state index in [4.69, 9.17) is 5.73 Å². The first-order valence-corrected chi connectivity index (χ1v) is 12.9. The summed E-state index contributed by atoms with van der Waals surface area (Å²) >= 11 is 1.44. The second-order valence-electron chi connectivity index (χ2n) is 8.65. The molecule has 0 fully saturated rings. The van der Waals surface area contributed by atoms with E-state index in [-0.39, 0.29) is 17.2 Å². The molecule has 174 valence electrons. The van der Waals surface area contributed by atoms with E-state index in [9.17, 15) is 13.5 Å². The van der Waals surface area contributed by atoms with E-state index in [2.05, 4.69) is 9.71 Å². The van der Waals surface area contributed by atoms with Gasteiger partial charge < -0.3 is 15.7 Å². The molecule has 0 saturated carbocycles. The summed E-state index contributed by atoms with van der Waals surface area (Å²) in [4.78, 5) is 6.58. The van der Waals surface area contributed by atoms with Gasteiger partial charge in [-0.3, -0.25) is 0 Å². The fraction of sp³-hybridized carbons (Fsp3) is 0.435. The number of anilines is 1. The molecule has 0 aliphatic rings. The van der Waals surface area contributed by atoms with Crippen LogP contribution in [0.5, 0.6) is 0 Å². The lowest BCUT2D eigenvalue weighted by atomic mass is 9.93. The molecule has 0 aliphatic carbocycles. The molecule has 0 spiro atoms. The molecule has 0 amide bonds. The Morgan fingerprint density at radius 1 is 1.16 bits per heavy atom. The van der Waals surface area contributed by atoms with Crippen molar-refractivity contribution >= 4 is 36.7 Å². The molecular weight excluding hydrogens is 444 g/mol. The lowest BCUT2D eigenvalue weighted by molar-refractivity contribution is 0.117. The highest BCUT2D eigenvalue weighted by Crippen LogP contribution is 2.29. The zero-order valence-electron chi connectivity index (χ0n) is 18.9. The summed E-state index contributed by atoms with van der Waals surface area (Å²) in [6.45, 7) is 3.86. The molecular formula is C23H32N4O3S2. The Labute approximate surface area is 194 Å². The van der Waals surface area contributed by atoms with Gasteiger partial charge in [-0.25, -0.2) is 18.1 Å². The maximum absolute atomic E-state index is 13.1. The highest BCUT2D eigenvalue weighted by atomic mass is 32.2. The summed E-state index contributed by atoms with van der Waals surface area (Å²) in [6, 6.07) is 13.7. The van der Waals surface area contributed by atoms with Crippen molar-refractivity contribution in [2.75, 3.05) is 19.0 Å². The highest BCUT2D eigenvalue weighted by molar-refractivity contribution is 7.89. The van der Waals surface area contributed by atoms with Gasteiger partial charge in [-0.2, -0.15) is 0 Å². The molecule has 1 aromatic heterocycles. The highest BCUT2D eigenvalue weighted by Gasteiger charge is 2.27. The minimum Gasteiger partial charge on any atom is -0.391 e. The number of thiazole rings is 1. The second kappa shape index (κ2) is 10.3. The Morgan fingerprint density at radius 2 is 1.84 bits per heavy atom. The Morgan fingerprint density at radius 3 is 2.47 bits per heavy atom. The largest absolute Gasteiger partial charge is 0.391 e. The average molecular weight is 477 g/mol. The van der Waals surface area contributed by atoms with Gasteiger partial charge in [0, 0.05) is 26.2 Å². The summed E-state index contributed by atoms with van der Waals surface area (Å²) in [5, 5.41) is 11.5. The lowest BCUT2D eigenvalue weighted by Gasteiger charge is -2.27. The predicted octanol–water partition coefficient (Wildman–Crippen LogP) is 2.99. The molecule has 7 nitrogen and oxygen atoms in total. The van der Waals surface area contributed by atoms with Gasteiger partial charge >= 0.3 is 0 Å². The molecule has 2 aromatic carbocycles. The topological polar surface area (TPSA) is 109 Å². The van der Waals surface area contributed by atoms with Crippen molar-refractivity contribution in [1.82, 2.24) is 9.71 Å². The molecule has 0 saturated heterocycles. The van der Waals surface area contributed by atoms with Crippen molar-refractivity contribution < 1.29 is 13.5 Å². The summed E-state index contributed by atoms with van der Waals surface area (Å²) in [5.74, 6) is -0.0178.